The molecule has 154 valence electrons. The van der Waals surface area contributed by atoms with Crippen molar-refractivity contribution in [1.82, 2.24) is 15.0 Å². The smallest absolute Gasteiger partial charge is 0.187 e. The van der Waals surface area contributed by atoms with Gasteiger partial charge in [0.15, 0.2) is 5.78 Å². The Balaban J connectivity index is 1.61. The van der Waals surface area contributed by atoms with Crippen molar-refractivity contribution in [2.75, 3.05) is 29.5 Å². The molecule has 6 N–H and O–H groups in total. The van der Waals surface area contributed by atoms with Crippen LogP contribution in [-0.2, 0) is 6.42 Å². The highest BCUT2D eigenvalue weighted by Gasteiger charge is 2.22. The number of carbonyl (C=O) groups excluding carboxylic acids is 1. The molecule has 0 bridgehead atoms. The molecule has 0 amide bonds. The van der Waals surface area contributed by atoms with Crippen LogP contribution in [0.2, 0.25) is 0 Å². The first-order chi connectivity index (χ1) is 14.5. The lowest BCUT2D eigenvalue weighted by molar-refractivity contribution is 0.0989. The number of hydrogen-bond acceptors (Lipinski definition) is 8. The maximum absolute atomic E-state index is 13.1. The molecule has 4 heterocycles. The molecule has 0 saturated carbocycles. The summed E-state index contributed by atoms with van der Waals surface area (Å²) in [7, 11) is 0. The van der Waals surface area contributed by atoms with Gasteiger partial charge in [0.25, 0.3) is 0 Å². The van der Waals surface area contributed by atoms with Crippen molar-refractivity contribution < 1.29 is 4.79 Å². The Morgan fingerprint density at radius 1 is 1.17 bits per heavy atom. The fourth-order valence-electron chi connectivity index (χ4n) is 3.81. The maximum Gasteiger partial charge on any atom is 0.187 e. The zero-order chi connectivity index (χ0) is 21.1. The van der Waals surface area contributed by atoms with Gasteiger partial charge in [-0.05, 0) is 43.2 Å². The zero-order valence-corrected chi connectivity index (χ0v) is 16.7. The summed E-state index contributed by atoms with van der Waals surface area (Å²) in [6, 6.07) is 9.05. The van der Waals surface area contributed by atoms with E-state index in [0.717, 1.165) is 42.7 Å². The van der Waals surface area contributed by atoms with Crippen LogP contribution in [0.5, 0.6) is 0 Å². The van der Waals surface area contributed by atoms with Gasteiger partial charge in [-0.15, -0.1) is 0 Å². The lowest BCUT2D eigenvalue weighted by Crippen LogP contribution is -2.43. The molecule has 1 fully saturated rings. The molecule has 0 aromatic carbocycles. The minimum atomic E-state index is -0.160. The molecule has 1 saturated heterocycles. The second-order valence-corrected chi connectivity index (χ2v) is 7.56. The van der Waals surface area contributed by atoms with Gasteiger partial charge in [0.1, 0.15) is 11.5 Å². The summed E-state index contributed by atoms with van der Waals surface area (Å²) in [5.74, 6) is 0.227. The maximum atomic E-state index is 13.1. The Morgan fingerprint density at radius 2 is 2.03 bits per heavy atom. The van der Waals surface area contributed by atoms with Gasteiger partial charge < -0.3 is 22.1 Å². The predicted molar refractivity (Wildman–Crippen MR) is 118 cm³/mol. The second kappa shape index (κ2) is 8.46. The summed E-state index contributed by atoms with van der Waals surface area (Å²) in [6.45, 7) is 1.68. The van der Waals surface area contributed by atoms with Gasteiger partial charge in [-0.1, -0.05) is 0 Å². The van der Waals surface area contributed by atoms with Gasteiger partial charge in [-0.25, -0.2) is 9.97 Å². The summed E-state index contributed by atoms with van der Waals surface area (Å²) in [5.41, 5.74) is 21.8. The first-order valence-electron chi connectivity index (χ1n) is 9.96. The number of carbonyl (C=O) groups is 1. The van der Waals surface area contributed by atoms with E-state index in [-0.39, 0.29) is 23.9 Å². The molecule has 0 spiro atoms. The molecule has 3 aromatic rings. The molecular weight excluding hydrogens is 378 g/mol. The van der Waals surface area contributed by atoms with Crippen LogP contribution in [-0.4, -0.2) is 39.9 Å². The summed E-state index contributed by atoms with van der Waals surface area (Å²) < 4.78 is 0. The van der Waals surface area contributed by atoms with E-state index in [1.54, 1.807) is 42.9 Å². The number of nitrogens with zero attached hydrogens (tertiary/aromatic N) is 4. The van der Waals surface area contributed by atoms with Crippen LogP contribution in [0.25, 0.3) is 11.3 Å². The van der Waals surface area contributed by atoms with Gasteiger partial charge in [-0.2, -0.15) is 0 Å². The SMILES string of the molecule is Nc1cc(-c2ccc(N)c(C(=O)Cc3cnccc3N3CCC[C@H](N)C3)n2)ccn1. The summed E-state index contributed by atoms with van der Waals surface area (Å²) in [4.78, 5) is 28.1. The lowest BCUT2D eigenvalue weighted by Gasteiger charge is -2.33. The van der Waals surface area contributed by atoms with Crippen LogP contribution in [0.3, 0.4) is 0 Å². The number of nitrogen functional groups attached to an aromatic ring is 2. The van der Waals surface area contributed by atoms with E-state index in [4.69, 9.17) is 17.2 Å². The second-order valence-electron chi connectivity index (χ2n) is 7.56. The third-order valence-electron chi connectivity index (χ3n) is 5.29. The number of nitrogens with two attached hydrogens (primary N) is 3. The van der Waals surface area contributed by atoms with Gasteiger partial charge >= 0.3 is 0 Å². The Kier molecular flexibility index (Phi) is 5.58. The van der Waals surface area contributed by atoms with Crippen molar-refractivity contribution in [3.05, 3.63) is 60.2 Å². The van der Waals surface area contributed by atoms with Gasteiger partial charge in [0.05, 0.1) is 11.4 Å². The minimum absolute atomic E-state index is 0.136. The molecule has 8 nitrogen and oxygen atoms in total. The standard InChI is InChI=1S/C22H25N7O/c23-16-2-1-9-29(13-16)19-6-7-26-12-15(19)10-20(30)22-17(24)3-4-18(28-22)14-5-8-27-21(25)11-14/h3-8,11-12,16H,1-2,9-10,13,23-24H2,(H2,25,27)/t16-/m0/s1. The van der Waals surface area contributed by atoms with Crippen molar-refractivity contribution >= 4 is 23.0 Å². The van der Waals surface area contributed by atoms with Crippen LogP contribution in [0.1, 0.15) is 28.9 Å². The number of hydrogen-bond donors (Lipinski definition) is 3. The Bertz CT molecular complexity index is 1070. The third-order valence-corrected chi connectivity index (χ3v) is 5.29. The monoisotopic (exact) mass is 403 g/mol. The minimum Gasteiger partial charge on any atom is -0.397 e. The topological polar surface area (TPSA) is 137 Å². The highest BCUT2D eigenvalue weighted by molar-refractivity contribution is 6.01. The van der Waals surface area contributed by atoms with Gasteiger partial charge in [0, 0.05) is 61.0 Å². The third kappa shape index (κ3) is 4.23. The Labute approximate surface area is 175 Å². The van der Waals surface area contributed by atoms with E-state index in [1.807, 2.05) is 6.07 Å². The van der Waals surface area contributed by atoms with E-state index >= 15 is 0 Å². The molecule has 0 aliphatic carbocycles. The van der Waals surface area contributed by atoms with Crippen molar-refractivity contribution in [3.63, 3.8) is 0 Å². The van der Waals surface area contributed by atoms with Crippen LogP contribution in [0, 0.1) is 0 Å². The van der Waals surface area contributed by atoms with Crippen LogP contribution >= 0.6 is 0 Å². The average molecular weight is 403 g/mol. The molecule has 1 atom stereocenters. The number of rotatable bonds is 5. The average Bonchev–Trinajstić information content (AvgIpc) is 2.74. The zero-order valence-electron chi connectivity index (χ0n) is 16.7. The first-order valence-corrected chi connectivity index (χ1v) is 9.96. The highest BCUT2D eigenvalue weighted by Crippen LogP contribution is 2.26. The van der Waals surface area contributed by atoms with E-state index in [0.29, 0.717) is 17.2 Å². The number of Topliss-reactive ketones (excluding diaryl/α,β-unsaturated/α-hetero) is 1. The van der Waals surface area contributed by atoms with E-state index < -0.39 is 0 Å². The van der Waals surface area contributed by atoms with Crippen LogP contribution < -0.4 is 22.1 Å². The fourth-order valence-corrected chi connectivity index (χ4v) is 3.81. The van der Waals surface area contributed by atoms with Crippen molar-refractivity contribution in [2.45, 2.75) is 25.3 Å². The number of pyridine rings is 3. The Morgan fingerprint density at radius 3 is 2.83 bits per heavy atom. The number of anilines is 3. The molecule has 30 heavy (non-hydrogen) atoms. The molecule has 3 aromatic heterocycles. The summed E-state index contributed by atoms with van der Waals surface area (Å²) in [6.07, 6.45) is 7.29. The van der Waals surface area contributed by atoms with Crippen molar-refractivity contribution in [3.8, 4) is 11.3 Å². The molecule has 1 aliphatic rings. The van der Waals surface area contributed by atoms with E-state index in [1.165, 1.54) is 0 Å². The fraction of sp³-hybridized carbons (Fsp3) is 0.273. The van der Waals surface area contributed by atoms with E-state index in [9.17, 15) is 4.79 Å². The van der Waals surface area contributed by atoms with Crippen LogP contribution in [0.4, 0.5) is 17.2 Å². The molecule has 0 radical (unpaired) electrons. The molecule has 0 unspecified atom stereocenters. The first kappa shape index (κ1) is 19.8. The van der Waals surface area contributed by atoms with Gasteiger partial charge in [0.2, 0.25) is 0 Å². The van der Waals surface area contributed by atoms with Crippen molar-refractivity contribution in [1.29, 1.82) is 0 Å². The molecular formula is C22H25N7O. The molecule has 4 rings (SSSR count). The molecule has 1 aliphatic heterocycles. The number of ketones is 1. The largest absolute Gasteiger partial charge is 0.397 e. The molecule has 8 heteroatoms. The summed E-state index contributed by atoms with van der Waals surface area (Å²) in [5, 5.41) is 0. The predicted octanol–water partition coefficient (Wildman–Crippen LogP) is 2.06. The van der Waals surface area contributed by atoms with Crippen LogP contribution in [0.15, 0.2) is 48.9 Å². The lowest BCUT2D eigenvalue weighted by atomic mass is 10.0. The number of aromatic nitrogens is 3. The number of piperidine rings is 1. The Hall–Kier alpha value is -3.52. The van der Waals surface area contributed by atoms with E-state index in [2.05, 4.69) is 19.9 Å². The van der Waals surface area contributed by atoms with Gasteiger partial charge in [-0.3, -0.25) is 9.78 Å². The normalized spacial score (nSPS) is 16.4. The quantitative estimate of drug-likeness (QED) is 0.551. The summed E-state index contributed by atoms with van der Waals surface area (Å²) >= 11 is 0. The highest BCUT2D eigenvalue weighted by atomic mass is 16.1. The van der Waals surface area contributed by atoms with Crippen molar-refractivity contribution in [2.24, 2.45) is 5.73 Å².